The first-order valence-electron chi connectivity index (χ1n) is 6.80. The second-order valence-electron chi connectivity index (χ2n) is 4.62. The zero-order chi connectivity index (χ0) is 14.3. The van der Waals surface area contributed by atoms with Crippen LogP contribution in [0.4, 0.5) is 5.82 Å². The van der Waals surface area contributed by atoms with Crippen molar-refractivity contribution in [2.75, 3.05) is 18.6 Å². The van der Waals surface area contributed by atoms with Crippen molar-refractivity contribution >= 4 is 5.82 Å². The Morgan fingerprint density at radius 1 is 1.37 bits per heavy atom. The van der Waals surface area contributed by atoms with Crippen LogP contribution in [0.1, 0.15) is 38.2 Å². The van der Waals surface area contributed by atoms with E-state index in [1.54, 1.807) is 6.07 Å². The van der Waals surface area contributed by atoms with Gasteiger partial charge in [0.2, 0.25) is 0 Å². The molecule has 6 nitrogen and oxygen atoms in total. The van der Waals surface area contributed by atoms with E-state index in [0.717, 1.165) is 24.4 Å². The van der Waals surface area contributed by atoms with Crippen molar-refractivity contribution in [2.45, 2.75) is 46.2 Å². The van der Waals surface area contributed by atoms with Crippen molar-refractivity contribution in [3.05, 3.63) is 17.6 Å². The number of rotatable bonds is 8. The molecular weight excluding hydrogens is 242 g/mol. The molecule has 0 atom stereocenters. The highest BCUT2D eigenvalue weighted by atomic mass is 16.3. The van der Waals surface area contributed by atoms with Crippen LogP contribution in [0.25, 0.3) is 0 Å². The third kappa shape index (κ3) is 4.74. The molecule has 0 saturated heterocycles. The van der Waals surface area contributed by atoms with E-state index in [-0.39, 0.29) is 6.61 Å². The Balaban J connectivity index is 2.86. The van der Waals surface area contributed by atoms with Gasteiger partial charge in [-0.2, -0.15) is 0 Å². The van der Waals surface area contributed by atoms with Gasteiger partial charge in [0.05, 0.1) is 13.2 Å². The normalized spacial score (nSPS) is 11.3. The molecular formula is C13H25N5O. The molecule has 0 spiro atoms. The maximum absolute atomic E-state index is 9.20. The molecule has 0 aromatic carbocycles. The van der Waals surface area contributed by atoms with E-state index in [2.05, 4.69) is 34.1 Å². The number of nitrogens with two attached hydrogens (primary N) is 1. The molecule has 0 aliphatic carbocycles. The van der Waals surface area contributed by atoms with Gasteiger partial charge in [-0.15, -0.1) is 0 Å². The molecule has 0 aliphatic rings. The largest absolute Gasteiger partial charge is 0.395 e. The monoisotopic (exact) mass is 267 g/mol. The summed E-state index contributed by atoms with van der Waals surface area (Å²) in [7, 11) is 0. The van der Waals surface area contributed by atoms with Crippen LogP contribution in [0.5, 0.6) is 0 Å². The van der Waals surface area contributed by atoms with E-state index in [9.17, 15) is 5.11 Å². The Kier molecular flexibility index (Phi) is 6.69. The van der Waals surface area contributed by atoms with Crippen LogP contribution in [0.2, 0.25) is 0 Å². The summed E-state index contributed by atoms with van der Waals surface area (Å²) in [6.07, 6.45) is 2.09. The first-order valence-corrected chi connectivity index (χ1v) is 6.80. The molecule has 108 valence electrons. The summed E-state index contributed by atoms with van der Waals surface area (Å²) in [6.45, 7) is 7.63. The SMILES string of the molecule is CCC(CC)N(CCO)Cc1nc(C)cc(NN)n1. The minimum absolute atomic E-state index is 0.143. The summed E-state index contributed by atoms with van der Waals surface area (Å²) < 4.78 is 0. The highest BCUT2D eigenvalue weighted by molar-refractivity contribution is 5.33. The van der Waals surface area contributed by atoms with Gasteiger partial charge < -0.3 is 10.5 Å². The van der Waals surface area contributed by atoms with Crippen LogP contribution in [0.15, 0.2) is 6.07 Å². The summed E-state index contributed by atoms with van der Waals surface area (Å²) >= 11 is 0. The number of anilines is 1. The Morgan fingerprint density at radius 2 is 2.05 bits per heavy atom. The van der Waals surface area contributed by atoms with Gasteiger partial charge in [0.15, 0.2) is 0 Å². The lowest BCUT2D eigenvalue weighted by Gasteiger charge is -2.29. The molecule has 0 unspecified atom stereocenters. The number of nitrogens with one attached hydrogen (secondary N) is 1. The van der Waals surface area contributed by atoms with Crippen LogP contribution in [-0.2, 0) is 6.54 Å². The molecule has 6 heteroatoms. The quantitative estimate of drug-likeness (QED) is 0.482. The van der Waals surface area contributed by atoms with Gasteiger partial charge >= 0.3 is 0 Å². The average molecular weight is 267 g/mol. The van der Waals surface area contributed by atoms with E-state index in [1.165, 1.54) is 0 Å². The minimum Gasteiger partial charge on any atom is -0.395 e. The fraction of sp³-hybridized carbons (Fsp3) is 0.692. The topological polar surface area (TPSA) is 87.3 Å². The molecule has 1 rings (SSSR count). The van der Waals surface area contributed by atoms with Gasteiger partial charge in [0.1, 0.15) is 11.6 Å². The molecule has 1 aromatic heterocycles. The van der Waals surface area contributed by atoms with Crippen LogP contribution < -0.4 is 11.3 Å². The van der Waals surface area contributed by atoms with Crippen molar-refractivity contribution in [1.29, 1.82) is 0 Å². The predicted molar refractivity (Wildman–Crippen MR) is 76.4 cm³/mol. The van der Waals surface area contributed by atoms with Crippen LogP contribution in [-0.4, -0.2) is 39.2 Å². The summed E-state index contributed by atoms with van der Waals surface area (Å²) in [4.78, 5) is 11.0. The second kappa shape index (κ2) is 8.04. The molecule has 0 aliphatic heterocycles. The van der Waals surface area contributed by atoms with Gasteiger partial charge in [-0.25, -0.2) is 15.8 Å². The lowest BCUT2D eigenvalue weighted by atomic mass is 10.1. The fourth-order valence-electron chi connectivity index (χ4n) is 2.28. The molecule has 1 heterocycles. The van der Waals surface area contributed by atoms with Gasteiger partial charge in [-0.05, 0) is 19.8 Å². The maximum atomic E-state index is 9.20. The Morgan fingerprint density at radius 3 is 2.58 bits per heavy atom. The number of aryl methyl sites for hydroxylation is 1. The fourth-order valence-corrected chi connectivity index (χ4v) is 2.28. The highest BCUT2D eigenvalue weighted by Crippen LogP contribution is 2.13. The maximum Gasteiger partial charge on any atom is 0.145 e. The van der Waals surface area contributed by atoms with Gasteiger partial charge in [-0.3, -0.25) is 4.90 Å². The standard InChI is InChI=1S/C13H25N5O/c1-4-11(5-2)18(6-7-19)9-13-15-10(3)8-12(16-13)17-14/h8,11,19H,4-7,9,14H2,1-3H3,(H,15,16,17). The Hall–Kier alpha value is -1.24. The molecule has 0 radical (unpaired) electrons. The van der Waals surface area contributed by atoms with E-state index < -0.39 is 0 Å². The van der Waals surface area contributed by atoms with Crippen molar-refractivity contribution in [3.63, 3.8) is 0 Å². The molecule has 0 saturated carbocycles. The lowest BCUT2D eigenvalue weighted by Crippen LogP contribution is -2.36. The number of hydrogen-bond donors (Lipinski definition) is 3. The first-order chi connectivity index (χ1) is 9.14. The van der Waals surface area contributed by atoms with Crippen LogP contribution >= 0.6 is 0 Å². The number of aliphatic hydroxyl groups excluding tert-OH is 1. The molecule has 0 bridgehead atoms. The third-order valence-corrected chi connectivity index (χ3v) is 3.24. The van der Waals surface area contributed by atoms with Crippen molar-refractivity contribution in [2.24, 2.45) is 5.84 Å². The number of hydrazine groups is 1. The average Bonchev–Trinajstić information content (AvgIpc) is 2.39. The number of aromatic nitrogens is 2. The van der Waals surface area contributed by atoms with Crippen LogP contribution in [0, 0.1) is 6.92 Å². The van der Waals surface area contributed by atoms with E-state index in [0.29, 0.717) is 24.9 Å². The Labute approximate surface area is 115 Å². The van der Waals surface area contributed by atoms with Gasteiger partial charge in [-0.1, -0.05) is 13.8 Å². The van der Waals surface area contributed by atoms with E-state index >= 15 is 0 Å². The van der Waals surface area contributed by atoms with E-state index in [4.69, 9.17) is 5.84 Å². The molecule has 1 aromatic rings. The number of nitrogen functional groups attached to an aromatic ring is 1. The zero-order valence-corrected chi connectivity index (χ0v) is 12.1. The lowest BCUT2D eigenvalue weighted by molar-refractivity contribution is 0.133. The summed E-state index contributed by atoms with van der Waals surface area (Å²) in [6, 6.07) is 2.24. The molecule has 0 fully saturated rings. The number of aliphatic hydroxyl groups is 1. The third-order valence-electron chi connectivity index (χ3n) is 3.24. The first kappa shape index (κ1) is 15.8. The van der Waals surface area contributed by atoms with Crippen LogP contribution in [0.3, 0.4) is 0 Å². The summed E-state index contributed by atoms with van der Waals surface area (Å²) in [5.41, 5.74) is 3.43. The smallest absolute Gasteiger partial charge is 0.145 e. The summed E-state index contributed by atoms with van der Waals surface area (Å²) in [5, 5.41) is 9.20. The van der Waals surface area contributed by atoms with Crippen molar-refractivity contribution in [1.82, 2.24) is 14.9 Å². The number of nitrogens with zero attached hydrogens (tertiary/aromatic N) is 3. The van der Waals surface area contributed by atoms with Gasteiger partial charge in [0, 0.05) is 24.3 Å². The van der Waals surface area contributed by atoms with E-state index in [1.807, 2.05) is 6.92 Å². The predicted octanol–water partition coefficient (Wildman–Crippen LogP) is 1.05. The number of hydrogen-bond acceptors (Lipinski definition) is 6. The van der Waals surface area contributed by atoms with Gasteiger partial charge in [0.25, 0.3) is 0 Å². The van der Waals surface area contributed by atoms with Crippen molar-refractivity contribution in [3.8, 4) is 0 Å². The Bertz CT molecular complexity index is 381. The van der Waals surface area contributed by atoms with Crippen molar-refractivity contribution < 1.29 is 5.11 Å². The zero-order valence-electron chi connectivity index (χ0n) is 12.1. The highest BCUT2D eigenvalue weighted by Gasteiger charge is 2.16. The second-order valence-corrected chi connectivity index (χ2v) is 4.62. The molecule has 0 amide bonds. The minimum atomic E-state index is 0.143. The summed E-state index contributed by atoms with van der Waals surface area (Å²) in [5.74, 6) is 6.75. The molecule has 19 heavy (non-hydrogen) atoms. The molecule has 4 N–H and O–H groups in total.